The van der Waals surface area contributed by atoms with Gasteiger partial charge in [-0.1, -0.05) is 43.4 Å². The van der Waals surface area contributed by atoms with Gasteiger partial charge < -0.3 is 4.74 Å². The number of allylic oxidation sites excluding steroid dienone is 3. The maximum absolute atomic E-state index is 14.9. The molecule has 0 spiro atoms. The van der Waals surface area contributed by atoms with E-state index in [1.807, 2.05) is 13.0 Å². The summed E-state index contributed by atoms with van der Waals surface area (Å²) in [6.45, 7) is 4.56. The van der Waals surface area contributed by atoms with Gasteiger partial charge in [0.05, 0.1) is 0 Å². The van der Waals surface area contributed by atoms with Gasteiger partial charge in [0.25, 0.3) is 5.92 Å². The Morgan fingerprint density at radius 2 is 1.40 bits per heavy atom. The number of hydrogen-bond acceptors (Lipinski definition) is 1. The number of rotatable bonds is 14. The van der Waals surface area contributed by atoms with Crippen LogP contribution in [0.4, 0.5) is 22.0 Å². The number of alkyl halides is 2. The van der Waals surface area contributed by atoms with Gasteiger partial charge in [0, 0.05) is 6.42 Å². The summed E-state index contributed by atoms with van der Waals surface area (Å²) in [5.74, 6) is -4.19. The van der Waals surface area contributed by atoms with Crippen LogP contribution in [0.3, 0.4) is 0 Å². The number of hydrogen-bond donors (Lipinski definition) is 0. The molecule has 2 fully saturated rings. The summed E-state index contributed by atoms with van der Waals surface area (Å²) in [6.07, 6.45) is 19.6. The molecule has 0 radical (unpaired) electrons. The number of halogens is 5. The van der Waals surface area contributed by atoms with Crippen molar-refractivity contribution in [2.24, 2.45) is 23.7 Å². The fraction of sp³-hybridized carbons (Fsp3) is 0.568. The Morgan fingerprint density at radius 3 is 1.98 bits per heavy atom. The van der Waals surface area contributed by atoms with Gasteiger partial charge in [-0.2, -0.15) is 0 Å². The summed E-state index contributed by atoms with van der Waals surface area (Å²) in [7, 11) is 0. The minimum atomic E-state index is -3.50. The highest BCUT2D eigenvalue weighted by Gasteiger charge is 2.33. The van der Waals surface area contributed by atoms with Crippen molar-refractivity contribution in [3.63, 3.8) is 0 Å². The van der Waals surface area contributed by atoms with Gasteiger partial charge in [-0.05, 0) is 136 Å². The molecule has 6 heteroatoms. The first-order valence-corrected chi connectivity index (χ1v) is 16.2. The van der Waals surface area contributed by atoms with E-state index < -0.39 is 42.0 Å². The van der Waals surface area contributed by atoms with Crippen molar-refractivity contribution < 1.29 is 26.7 Å². The van der Waals surface area contributed by atoms with E-state index in [2.05, 4.69) is 18.7 Å². The fourth-order valence-corrected chi connectivity index (χ4v) is 6.72. The SMILES string of the molecule is C=CCCC1CCC(/C=C/C2CCC(CCc3ccc(CC(F)(F)COc4ccc(CC)cc4F)c(F)c3F)CC2)CC1. The first-order valence-electron chi connectivity index (χ1n) is 16.2. The molecule has 4 rings (SSSR count). The predicted molar refractivity (Wildman–Crippen MR) is 164 cm³/mol. The van der Waals surface area contributed by atoms with Crippen LogP contribution < -0.4 is 4.74 Å². The number of aryl methyl sites for hydroxylation is 2. The molecule has 0 bridgehead atoms. The van der Waals surface area contributed by atoms with E-state index in [0.717, 1.165) is 50.0 Å². The molecule has 0 aromatic heterocycles. The van der Waals surface area contributed by atoms with E-state index in [9.17, 15) is 22.0 Å². The number of ether oxygens (including phenoxy) is 1. The first-order chi connectivity index (χ1) is 20.7. The van der Waals surface area contributed by atoms with Crippen LogP contribution in [-0.4, -0.2) is 12.5 Å². The van der Waals surface area contributed by atoms with Gasteiger partial charge in [-0.3, -0.25) is 0 Å². The van der Waals surface area contributed by atoms with Crippen molar-refractivity contribution in [2.75, 3.05) is 6.61 Å². The van der Waals surface area contributed by atoms with E-state index >= 15 is 0 Å². The summed E-state index contributed by atoms with van der Waals surface area (Å²) in [5.41, 5.74) is 0.538. The molecule has 0 N–H and O–H groups in total. The second kappa shape index (κ2) is 15.9. The number of benzene rings is 2. The molecule has 0 saturated heterocycles. The molecule has 43 heavy (non-hydrogen) atoms. The molecule has 2 aliphatic rings. The molecule has 1 nitrogen and oxygen atoms in total. The van der Waals surface area contributed by atoms with Gasteiger partial charge in [-0.15, -0.1) is 6.58 Å². The predicted octanol–water partition coefficient (Wildman–Crippen LogP) is 11.0. The molecule has 2 aromatic carbocycles. The van der Waals surface area contributed by atoms with Crippen molar-refractivity contribution in [1.29, 1.82) is 0 Å². The third-order valence-corrected chi connectivity index (χ3v) is 9.57. The largest absolute Gasteiger partial charge is 0.484 e. The molecule has 2 saturated carbocycles. The lowest BCUT2D eigenvalue weighted by Gasteiger charge is -2.29. The Morgan fingerprint density at radius 1 is 0.814 bits per heavy atom. The topological polar surface area (TPSA) is 9.23 Å². The van der Waals surface area contributed by atoms with Crippen LogP contribution >= 0.6 is 0 Å². The van der Waals surface area contributed by atoms with Gasteiger partial charge in [0.2, 0.25) is 0 Å². The van der Waals surface area contributed by atoms with Gasteiger partial charge >= 0.3 is 0 Å². The Balaban J connectivity index is 1.20. The van der Waals surface area contributed by atoms with E-state index in [4.69, 9.17) is 4.74 Å². The normalized spacial score (nSPS) is 23.0. The highest BCUT2D eigenvalue weighted by atomic mass is 19.3. The highest BCUT2D eigenvalue weighted by Crippen LogP contribution is 2.36. The van der Waals surface area contributed by atoms with Crippen molar-refractivity contribution >= 4 is 0 Å². The smallest absolute Gasteiger partial charge is 0.285 e. The summed E-state index contributed by atoms with van der Waals surface area (Å²) in [5, 5.41) is 0. The summed E-state index contributed by atoms with van der Waals surface area (Å²) in [4.78, 5) is 0. The summed E-state index contributed by atoms with van der Waals surface area (Å²) < 4.78 is 77.9. The zero-order valence-corrected chi connectivity index (χ0v) is 25.5. The van der Waals surface area contributed by atoms with Crippen LogP contribution in [-0.2, 0) is 19.3 Å². The lowest BCUT2D eigenvalue weighted by Crippen LogP contribution is -2.29. The van der Waals surface area contributed by atoms with Crippen molar-refractivity contribution in [3.8, 4) is 5.75 Å². The molecule has 0 atom stereocenters. The third kappa shape index (κ3) is 9.94. The summed E-state index contributed by atoms with van der Waals surface area (Å²) in [6, 6.07) is 6.82. The second-order valence-electron chi connectivity index (χ2n) is 12.8. The minimum absolute atomic E-state index is 0.226. The molecular weight excluding hydrogens is 555 g/mol. The van der Waals surface area contributed by atoms with Gasteiger partial charge in [-0.25, -0.2) is 22.0 Å². The standard InChI is InChI=1S/C37H47F5O/c1-3-5-6-27-7-9-28(10-8-27)11-12-29-13-15-30(16-14-29)17-19-31-20-21-32(36(40)35(31)39)24-37(41,42)25-43-34-22-18-26(4-2)23-33(34)38/h3,11-12,18,20-23,27-30H,1,4-10,13-17,19,24-25H2,2H3/b12-11+. The Kier molecular flexibility index (Phi) is 12.3. The molecule has 2 aromatic rings. The van der Waals surface area contributed by atoms with E-state index in [-0.39, 0.29) is 11.3 Å². The van der Waals surface area contributed by atoms with Crippen LogP contribution in [0.1, 0.15) is 94.2 Å². The van der Waals surface area contributed by atoms with E-state index in [1.165, 1.54) is 56.4 Å². The molecule has 0 aliphatic heterocycles. The van der Waals surface area contributed by atoms with Gasteiger partial charge in [0.15, 0.2) is 29.8 Å². The maximum atomic E-state index is 14.9. The Bertz CT molecular complexity index is 1210. The van der Waals surface area contributed by atoms with E-state index in [1.54, 1.807) is 6.07 Å². The summed E-state index contributed by atoms with van der Waals surface area (Å²) >= 11 is 0. The second-order valence-corrected chi connectivity index (χ2v) is 12.8. The Hall–Kier alpha value is -2.63. The third-order valence-electron chi connectivity index (χ3n) is 9.57. The maximum Gasteiger partial charge on any atom is 0.285 e. The molecular formula is C37H47F5O. The molecule has 0 unspecified atom stereocenters. The molecule has 0 amide bonds. The molecule has 236 valence electrons. The van der Waals surface area contributed by atoms with E-state index in [0.29, 0.717) is 30.6 Å². The lowest BCUT2D eigenvalue weighted by molar-refractivity contribution is -0.0415. The Labute approximate surface area is 254 Å². The van der Waals surface area contributed by atoms with Crippen LogP contribution in [0.15, 0.2) is 55.1 Å². The minimum Gasteiger partial charge on any atom is -0.484 e. The van der Waals surface area contributed by atoms with Crippen LogP contribution in [0.25, 0.3) is 0 Å². The van der Waals surface area contributed by atoms with Gasteiger partial charge in [0.1, 0.15) is 0 Å². The zero-order valence-electron chi connectivity index (χ0n) is 25.5. The average molecular weight is 603 g/mol. The van der Waals surface area contributed by atoms with Crippen molar-refractivity contribution in [1.82, 2.24) is 0 Å². The lowest BCUT2D eigenvalue weighted by atomic mass is 9.77. The average Bonchev–Trinajstić information content (AvgIpc) is 3.01. The monoisotopic (exact) mass is 602 g/mol. The van der Waals surface area contributed by atoms with Crippen LogP contribution in [0, 0.1) is 41.1 Å². The molecule has 2 aliphatic carbocycles. The van der Waals surface area contributed by atoms with Crippen LogP contribution in [0.2, 0.25) is 0 Å². The fourth-order valence-electron chi connectivity index (χ4n) is 6.72. The van der Waals surface area contributed by atoms with Crippen LogP contribution in [0.5, 0.6) is 5.75 Å². The first kappa shape index (κ1) is 33.3. The highest BCUT2D eigenvalue weighted by molar-refractivity contribution is 5.30. The quantitative estimate of drug-likeness (QED) is 0.154. The molecule has 0 heterocycles. The van der Waals surface area contributed by atoms with Crippen molar-refractivity contribution in [2.45, 2.75) is 103 Å². The van der Waals surface area contributed by atoms with Crippen molar-refractivity contribution in [3.05, 3.63) is 89.3 Å². The zero-order chi connectivity index (χ0) is 30.8.